The highest BCUT2D eigenvalue weighted by atomic mass is 32.2. The molecule has 0 N–H and O–H groups in total. The molecule has 0 unspecified atom stereocenters. The van der Waals surface area contributed by atoms with Crippen LogP contribution in [-0.4, -0.2) is 5.75 Å². The van der Waals surface area contributed by atoms with Crippen molar-refractivity contribution in [3.63, 3.8) is 0 Å². The van der Waals surface area contributed by atoms with Crippen molar-refractivity contribution in [2.75, 3.05) is 5.75 Å². The van der Waals surface area contributed by atoms with E-state index in [1.807, 2.05) is 17.8 Å². The molecule has 1 heteroatoms. The SMILES string of the molecule is C=CCSc1ccccc1C. The van der Waals surface area contributed by atoms with Crippen LogP contribution in [0.25, 0.3) is 0 Å². The van der Waals surface area contributed by atoms with Gasteiger partial charge >= 0.3 is 0 Å². The summed E-state index contributed by atoms with van der Waals surface area (Å²) < 4.78 is 0. The third-order valence-electron chi connectivity index (χ3n) is 1.45. The minimum atomic E-state index is 0.991. The molecule has 0 atom stereocenters. The number of rotatable bonds is 3. The van der Waals surface area contributed by atoms with E-state index in [1.54, 1.807) is 0 Å². The Bertz CT molecular complexity index is 240. The van der Waals surface area contributed by atoms with Crippen molar-refractivity contribution < 1.29 is 0 Å². The molecule has 0 aromatic heterocycles. The molecule has 0 heterocycles. The van der Waals surface area contributed by atoms with Gasteiger partial charge in [0.15, 0.2) is 0 Å². The summed E-state index contributed by atoms with van der Waals surface area (Å²) >= 11 is 1.83. The van der Waals surface area contributed by atoms with E-state index in [4.69, 9.17) is 0 Å². The first-order valence-electron chi connectivity index (χ1n) is 3.64. The third-order valence-corrected chi connectivity index (χ3v) is 2.62. The van der Waals surface area contributed by atoms with Crippen LogP contribution in [0, 0.1) is 6.92 Å². The van der Waals surface area contributed by atoms with Crippen LogP contribution in [0.5, 0.6) is 0 Å². The maximum Gasteiger partial charge on any atom is 0.0158 e. The van der Waals surface area contributed by atoms with Crippen molar-refractivity contribution in [1.29, 1.82) is 0 Å². The van der Waals surface area contributed by atoms with Gasteiger partial charge in [-0.05, 0) is 18.6 Å². The topological polar surface area (TPSA) is 0 Å². The Morgan fingerprint density at radius 2 is 2.18 bits per heavy atom. The van der Waals surface area contributed by atoms with Gasteiger partial charge in [0.1, 0.15) is 0 Å². The van der Waals surface area contributed by atoms with Gasteiger partial charge in [-0.25, -0.2) is 0 Å². The van der Waals surface area contributed by atoms with Crippen molar-refractivity contribution >= 4 is 11.8 Å². The van der Waals surface area contributed by atoms with Crippen LogP contribution in [0.1, 0.15) is 5.56 Å². The zero-order chi connectivity index (χ0) is 8.10. The summed E-state index contributed by atoms with van der Waals surface area (Å²) in [6, 6.07) is 8.40. The molecule has 0 radical (unpaired) electrons. The molecule has 0 aliphatic carbocycles. The first kappa shape index (κ1) is 8.41. The molecular weight excluding hydrogens is 152 g/mol. The second-order valence-corrected chi connectivity index (χ2v) is 3.43. The molecule has 0 saturated heterocycles. The molecule has 0 bridgehead atoms. The number of benzene rings is 1. The van der Waals surface area contributed by atoms with E-state index in [1.165, 1.54) is 10.5 Å². The van der Waals surface area contributed by atoms with Crippen LogP contribution < -0.4 is 0 Å². The Kier molecular flexibility index (Phi) is 3.24. The van der Waals surface area contributed by atoms with Gasteiger partial charge in [0.25, 0.3) is 0 Å². The van der Waals surface area contributed by atoms with Gasteiger partial charge in [0, 0.05) is 10.6 Å². The monoisotopic (exact) mass is 164 g/mol. The highest BCUT2D eigenvalue weighted by Gasteiger charge is 1.93. The lowest BCUT2D eigenvalue weighted by Crippen LogP contribution is -1.78. The fraction of sp³-hybridized carbons (Fsp3) is 0.200. The summed E-state index contributed by atoms with van der Waals surface area (Å²) in [5, 5.41) is 0. The normalized spacial score (nSPS) is 9.55. The molecule has 0 saturated carbocycles. The Morgan fingerprint density at radius 1 is 1.45 bits per heavy atom. The highest BCUT2D eigenvalue weighted by molar-refractivity contribution is 7.99. The first-order chi connectivity index (χ1) is 5.34. The van der Waals surface area contributed by atoms with Gasteiger partial charge in [-0.3, -0.25) is 0 Å². The van der Waals surface area contributed by atoms with E-state index in [9.17, 15) is 0 Å². The maximum atomic E-state index is 3.68. The van der Waals surface area contributed by atoms with Crippen molar-refractivity contribution in [2.45, 2.75) is 11.8 Å². The Balaban J connectivity index is 2.69. The fourth-order valence-corrected chi connectivity index (χ4v) is 1.63. The number of thioether (sulfide) groups is 1. The van der Waals surface area contributed by atoms with E-state index in [-0.39, 0.29) is 0 Å². The average molecular weight is 164 g/mol. The van der Waals surface area contributed by atoms with E-state index in [0.717, 1.165) is 5.75 Å². The molecule has 0 aliphatic heterocycles. The van der Waals surface area contributed by atoms with E-state index in [0.29, 0.717) is 0 Å². The zero-order valence-corrected chi connectivity index (χ0v) is 7.53. The molecule has 11 heavy (non-hydrogen) atoms. The zero-order valence-electron chi connectivity index (χ0n) is 6.71. The molecular formula is C10H12S. The predicted molar refractivity (Wildman–Crippen MR) is 52.1 cm³/mol. The van der Waals surface area contributed by atoms with Gasteiger partial charge < -0.3 is 0 Å². The maximum absolute atomic E-state index is 3.68. The summed E-state index contributed by atoms with van der Waals surface area (Å²) in [4.78, 5) is 1.35. The first-order valence-corrected chi connectivity index (χ1v) is 4.62. The van der Waals surface area contributed by atoms with Crippen LogP contribution in [0.15, 0.2) is 41.8 Å². The van der Waals surface area contributed by atoms with E-state index < -0.39 is 0 Å². The van der Waals surface area contributed by atoms with Crippen molar-refractivity contribution in [3.8, 4) is 0 Å². The molecule has 0 fully saturated rings. The lowest BCUT2D eigenvalue weighted by Gasteiger charge is -2.01. The molecule has 0 amide bonds. The molecule has 1 aromatic rings. The lowest BCUT2D eigenvalue weighted by atomic mass is 10.2. The number of hydrogen-bond donors (Lipinski definition) is 0. The number of aryl methyl sites for hydroxylation is 1. The van der Waals surface area contributed by atoms with Crippen LogP contribution in [0.3, 0.4) is 0 Å². The quantitative estimate of drug-likeness (QED) is 0.488. The summed E-state index contributed by atoms with van der Waals surface area (Å²) in [6.45, 7) is 5.81. The van der Waals surface area contributed by atoms with Gasteiger partial charge in [-0.1, -0.05) is 24.3 Å². The van der Waals surface area contributed by atoms with Gasteiger partial charge in [-0.2, -0.15) is 0 Å². The molecule has 1 aromatic carbocycles. The minimum absolute atomic E-state index is 0.991. The van der Waals surface area contributed by atoms with E-state index >= 15 is 0 Å². The van der Waals surface area contributed by atoms with Crippen LogP contribution >= 0.6 is 11.8 Å². The van der Waals surface area contributed by atoms with Gasteiger partial charge in [0.2, 0.25) is 0 Å². The Labute approximate surface area is 72.3 Å². The second-order valence-electron chi connectivity index (χ2n) is 2.37. The van der Waals surface area contributed by atoms with Gasteiger partial charge in [0.05, 0.1) is 0 Å². The third kappa shape index (κ3) is 2.43. The summed E-state index contributed by atoms with van der Waals surface area (Å²) in [5.74, 6) is 0.991. The van der Waals surface area contributed by atoms with E-state index in [2.05, 4.69) is 37.8 Å². The highest BCUT2D eigenvalue weighted by Crippen LogP contribution is 2.21. The standard InChI is InChI=1S/C10H12S/c1-3-8-11-10-7-5-4-6-9(10)2/h3-7H,1,8H2,2H3. The lowest BCUT2D eigenvalue weighted by molar-refractivity contribution is 1.30. The van der Waals surface area contributed by atoms with Gasteiger partial charge in [-0.15, -0.1) is 18.3 Å². The fourth-order valence-electron chi connectivity index (χ4n) is 0.867. The minimum Gasteiger partial charge on any atom is -0.122 e. The van der Waals surface area contributed by atoms with Crippen LogP contribution in [-0.2, 0) is 0 Å². The van der Waals surface area contributed by atoms with Crippen molar-refractivity contribution in [1.82, 2.24) is 0 Å². The smallest absolute Gasteiger partial charge is 0.0158 e. The summed E-state index contributed by atoms with van der Waals surface area (Å²) in [7, 11) is 0. The van der Waals surface area contributed by atoms with Crippen LogP contribution in [0.2, 0.25) is 0 Å². The summed E-state index contributed by atoms with van der Waals surface area (Å²) in [6.07, 6.45) is 1.93. The molecule has 0 nitrogen and oxygen atoms in total. The largest absolute Gasteiger partial charge is 0.122 e. The van der Waals surface area contributed by atoms with Crippen LogP contribution in [0.4, 0.5) is 0 Å². The molecule has 1 rings (SSSR count). The average Bonchev–Trinajstić information content (AvgIpc) is 2.03. The molecule has 0 spiro atoms. The Hall–Kier alpha value is -0.690. The number of hydrogen-bond acceptors (Lipinski definition) is 1. The van der Waals surface area contributed by atoms with Crippen molar-refractivity contribution in [3.05, 3.63) is 42.5 Å². The van der Waals surface area contributed by atoms with Crippen molar-refractivity contribution in [2.24, 2.45) is 0 Å². The Morgan fingerprint density at radius 3 is 2.82 bits per heavy atom. The summed E-state index contributed by atoms with van der Waals surface area (Å²) in [5.41, 5.74) is 1.35. The molecule has 58 valence electrons. The predicted octanol–water partition coefficient (Wildman–Crippen LogP) is 3.27. The second kappa shape index (κ2) is 4.24. The molecule has 0 aliphatic rings.